The van der Waals surface area contributed by atoms with Gasteiger partial charge < -0.3 is 5.11 Å². The van der Waals surface area contributed by atoms with Crippen molar-refractivity contribution >= 4 is 5.97 Å². The number of halogens is 3. The molecule has 0 aromatic rings. The summed E-state index contributed by atoms with van der Waals surface area (Å²) < 4.78 is 39.0. The normalized spacial score (nSPS) is 27.1. The second-order valence-electron chi connectivity index (χ2n) is 4.24. The summed E-state index contributed by atoms with van der Waals surface area (Å²) in [6.45, 7) is 2.08. The van der Waals surface area contributed by atoms with Gasteiger partial charge in [0.05, 0.1) is 12.5 Å². The van der Waals surface area contributed by atoms with Crippen LogP contribution in [0, 0.1) is 5.92 Å². The Hall–Kier alpha value is -0.820. The minimum atomic E-state index is -4.59. The molecule has 7 heteroatoms. The van der Waals surface area contributed by atoms with Crippen LogP contribution in [-0.2, 0) is 9.53 Å². The van der Waals surface area contributed by atoms with E-state index in [1.165, 1.54) is 0 Å². The number of ether oxygens (including phenoxy) is 1. The number of aliphatic carboxylic acids is 1. The van der Waals surface area contributed by atoms with E-state index in [0.29, 0.717) is 19.4 Å². The van der Waals surface area contributed by atoms with E-state index in [-0.39, 0.29) is 18.5 Å². The smallest absolute Gasteiger partial charge is 0.481 e. The van der Waals surface area contributed by atoms with Crippen molar-refractivity contribution in [2.75, 3.05) is 19.7 Å². The van der Waals surface area contributed by atoms with E-state index in [0.717, 1.165) is 0 Å². The summed E-state index contributed by atoms with van der Waals surface area (Å²) in [6.07, 6.45) is -3.64. The van der Waals surface area contributed by atoms with Crippen molar-refractivity contribution in [3.63, 3.8) is 0 Å². The second-order valence-corrected chi connectivity index (χ2v) is 4.24. The molecular weight excluding hydrogens is 239 g/mol. The summed E-state index contributed by atoms with van der Waals surface area (Å²) in [6, 6.07) is -0.0262. The third-order valence-corrected chi connectivity index (χ3v) is 3.01. The van der Waals surface area contributed by atoms with E-state index < -0.39 is 18.9 Å². The van der Waals surface area contributed by atoms with Crippen LogP contribution in [0.3, 0.4) is 0 Å². The van der Waals surface area contributed by atoms with Crippen LogP contribution in [0.25, 0.3) is 0 Å². The zero-order valence-corrected chi connectivity index (χ0v) is 9.54. The van der Waals surface area contributed by atoms with Crippen molar-refractivity contribution < 1.29 is 27.8 Å². The number of rotatable bonds is 4. The van der Waals surface area contributed by atoms with Gasteiger partial charge in [0.15, 0.2) is 0 Å². The Labute approximate surface area is 97.3 Å². The van der Waals surface area contributed by atoms with Crippen molar-refractivity contribution in [2.24, 2.45) is 5.92 Å². The Balaban J connectivity index is 2.30. The fourth-order valence-corrected chi connectivity index (χ4v) is 2.06. The van der Waals surface area contributed by atoms with Crippen molar-refractivity contribution in [3.8, 4) is 0 Å². The number of alkyl halides is 3. The molecule has 100 valence electrons. The topological polar surface area (TPSA) is 49.8 Å². The Morgan fingerprint density at radius 2 is 2.18 bits per heavy atom. The predicted molar refractivity (Wildman–Crippen MR) is 53.4 cm³/mol. The highest BCUT2D eigenvalue weighted by molar-refractivity contribution is 5.70. The minimum Gasteiger partial charge on any atom is -0.481 e. The predicted octanol–water partition coefficient (Wildman–Crippen LogP) is 1.71. The van der Waals surface area contributed by atoms with E-state index in [2.05, 4.69) is 4.74 Å². The van der Waals surface area contributed by atoms with Crippen LogP contribution in [0.4, 0.5) is 13.2 Å². The van der Waals surface area contributed by atoms with Gasteiger partial charge in [-0.2, -0.15) is 0 Å². The van der Waals surface area contributed by atoms with Gasteiger partial charge in [-0.05, 0) is 26.3 Å². The summed E-state index contributed by atoms with van der Waals surface area (Å²) in [4.78, 5) is 12.6. The minimum absolute atomic E-state index is 0.0262. The van der Waals surface area contributed by atoms with Crippen molar-refractivity contribution in [3.05, 3.63) is 0 Å². The van der Waals surface area contributed by atoms with Gasteiger partial charge in [-0.25, -0.2) is 0 Å². The highest BCUT2D eigenvalue weighted by Gasteiger charge is 2.32. The molecule has 0 radical (unpaired) electrons. The van der Waals surface area contributed by atoms with Crippen LogP contribution >= 0.6 is 0 Å². The Bertz CT molecular complexity index is 270. The van der Waals surface area contributed by atoms with Crippen LogP contribution in [0.15, 0.2) is 0 Å². The molecule has 2 unspecified atom stereocenters. The van der Waals surface area contributed by atoms with Crippen LogP contribution in [-0.4, -0.2) is 48.1 Å². The monoisotopic (exact) mass is 255 g/mol. The molecule has 1 aliphatic rings. The molecule has 17 heavy (non-hydrogen) atoms. The lowest BCUT2D eigenvalue weighted by Crippen LogP contribution is -2.44. The van der Waals surface area contributed by atoms with Crippen LogP contribution in [0.1, 0.15) is 19.8 Å². The van der Waals surface area contributed by atoms with E-state index in [1.54, 1.807) is 0 Å². The van der Waals surface area contributed by atoms with Gasteiger partial charge in [0, 0.05) is 12.6 Å². The molecule has 0 aromatic heterocycles. The highest BCUT2D eigenvalue weighted by atomic mass is 19.4. The fraction of sp³-hybridized carbons (Fsp3) is 0.900. The lowest BCUT2D eigenvalue weighted by atomic mass is 9.92. The number of hydrogen-bond acceptors (Lipinski definition) is 3. The lowest BCUT2D eigenvalue weighted by molar-refractivity contribution is -0.325. The first-order chi connectivity index (χ1) is 7.79. The molecule has 0 bridgehead atoms. The zero-order valence-electron chi connectivity index (χ0n) is 9.54. The number of nitrogens with zero attached hydrogens (tertiary/aromatic N) is 1. The van der Waals surface area contributed by atoms with E-state index in [9.17, 15) is 18.0 Å². The van der Waals surface area contributed by atoms with Gasteiger partial charge in [0.25, 0.3) is 0 Å². The first-order valence-electron chi connectivity index (χ1n) is 5.47. The summed E-state index contributed by atoms with van der Waals surface area (Å²) in [7, 11) is 0. The van der Waals surface area contributed by atoms with Gasteiger partial charge in [-0.15, -0.1) is 13.2 Å². The van der Waals surface area contributed by atoms with E-state index in [4.69, 9.17) is 5.11 Å². The van der Waals surface area contributed by atoms with Gasteiger partial charge in [-0.3, -0.25) is 14.4 Å². The fourth-order valence-electron chi connectivity index (χ4n) is 2.06. The maximum atomic E-state index is 11.8. The summed E-state index contributed by atoms with van der Waals surface area (Å²) in [5.74, 6) is -1.21. The van der Waals surface area contributed by atoms with E-state index >= 15 is 0 Å². The molecule has 1 saturated heterocycles. The Morgan fingerprint density at radius 1 is 1.53 bits per heavy atom. The molecule has 1 heterocycles. The molecule has 0 amide bonds. The second kappa shape index (κ2) is 5.68. The third kappa shape index (κ3) is 4.91. The third-order valence-electron chi connectivity index (χ3n) is 3.01. The molecule has 0 aromatic carbocycles. The van der Waals surface area contributed by atoms with Gasteiger partial charge in [-0.1, -0.05) is 0 Å². The molecule has 0 spiro atoms. The number of carboxylic acids is 1. The summed E-state index contributed by atoms with van der Waals surface area (Å²) >= 11 is 0. The van der Waals surface area contributed by atoms with Gasteiger partial charge in [0.1, 0.15) is 0 Å². The molecule has 1 fully saturated rings. The number of piperidine rings is 1. The Kier molecular flexibility index (Phi) is 4.76. The van der Waals surface area contributed by atoms with Crippen LogP contribution in [0.5, 0.6) is 0 Å². The van der Waals surface area contributed by atoms with Gasteiger partial charge in [0.2, 0.25) is 0 Å². The Morgan fingerprint density at radius 3 is 2.65 bits per heavy atom. The van der Waals surface area contributed by atoms with Crippen LogP contribution in [0.2, 0.25) is 0 Å². The molecule has 0 aliphatic carbocycles. The summed E-state index contributed by atoms with van der Waals surface area (Å²) in [5.41, 5.74) is 0. The molecule has 2 atom stereocenters. The standard InChI is InChI=1S/C10H16F3NO3/c1-7-6-8(9(15)16)2-3-14(7)4-5-17-10(11,12)13/h7-8H,2-6H2,1H3,(H,15,16). The molecule has 4 nitrogen and oxygen atoms in total. The largest absolute Gasteiger partial charge is 0.522 e. The average molecular weight is 255 g/mol. The number of carboxylic acid groups (broad SMARTS) is 1. The van der Waals surface area contributed by atoms with E-state index in [1.807, 2.05) is 11.8 Å². The molecule has 1 aliphatic heterocycles. The van der Waals surface area contributed by atoms with Crippen LogP contribution < -0.4 is 0 Å². The molecular formula is C10H16F3NO3. The van der Waals surface area contributed by atoms with Crippen molar-refractivity contribution in [1.29, 1.82) is 0 Å². The van der Waals surface area contributed by atoms with Crippen molar-refractivity contribution in [2.45, 2.75) is 32.2 Å². The number of hydrogen-bond donors (Lipinski definition) is 1. The average Bonchev–Trinajstić information content (AvgIpc) is 2.18. The molecule has 1 rings (SSSR count). The first-order valence-corrected chi connectivity index (χ1v) is 5.47. The van der Waals surface area contributed by atoms with Gasteiger partial charge >= 0.3 is 12.3 Å². The summed E-state index contributed by atoms with van der Waals surface area (Å²) in [5, 5.41) is 8.83. The maximum Gasteiger partial charge on any atom is 0.522 e. The lowest BCUT2D eigenvalue weighted by Gasteiger charge is -2.36. The SMILES string of the molecule is CC1CC(C(=O)O)CCN1CCOC(F)(F)F. The first kappa shape index (κ1) is 14.2. The number of likely N-dealkylation sites (tertiary alicyclic amines) is 1. The number of carbonyl (C=O) groups is 1. The quantitative estimate of drug-likeness (QED) is 0.830. The van der Waals surface area contributed by atoms with Crippen molar-refractivity contribution in [1.82, 2.24) is 4.90 Å². The molecule has 1 N–H and O–H groups in total. The zero-order chi connectivity index (χ0) is 13.1. The highest BCUT2D eigenvalue weighted by Crippen LogP contribution is 2.23. The maximum absolute atomic E-state index is 11.8. The molecule has 0 saturated carbocycles.